The molecule has 2 heterocycles. The van der Waals surface area contributed by atoms with E-state index >= 15 is 0 Å². The molecule has 1 aliphatic carbocycles. The summed E-state index contributed by atoms with van der Waals surface area (Å²) in [6.45, 7) is 0. The fourth-order valence-corrected chi connectivity index (χ4v) is 4.48. The lowest BCUT2D eigenvalue weighted by Crippen LogP contribution is -2.41. The first-order valence-corrected chi connectivity index (χ1v) is 8.77. The van der Waals surface area contributed by atoms with Gasteiger partial charge in [-0.2, -0.15) is 13.2 Å². The molecular weight excluding hydrogens is 331 g/mol. The molecule has 23 heavy (non-hydrogen) atoms. The third-order valence-electron chi connectivity index (χ3n) is 4.16. The number of alkyl halides is 3. The zero-order valence-corrected chi connectivity index (χ0v) is 12.9. The van der Waals surface area contributed by atoms with Crippen LogP contribution in [-0.4, -0.2) is 30.6 Å². The maximum absolute atomic E-state index is 12.8. The molecule has 2 atom stereocenters. The van der Waals surface area contributed by atoms with Crippen molar-refractivity contribution in [3.63, 3.8) is 0 Å². The highest BCUT2D eigenvalue weighted by atomic mass is 32.2. The predicted molar refractivity (Wildman–Crippen MR) is 78.2 cm³/mol. The van der Waals surface area contributed by atoms with E-state index in [1.165, 1.54) is 12.4 Å². The van der Waals surface area contributed by atoms with Gasteiger partial charge in [0.05, 0.1) is 5.92 Å². The number of hydrogen-bond donors (Lipinski definition) is 2. The largest absolute Gasteiger partial charge is 0.391 e. The SMILES string of the molecule is O=S(=O)(N[C@H]1CCC[C@@H](C(F)(F)F)C1)c1c[nH]c2ncccc12. The van der Waals surface area contributed by atoms with E-state index in [-0.39, 0.29) is 17.7 Å². The molecule has 0 spiro atoms. The molecule has 0 aliphatic heterocycles. The number of halogens is 3. The second-order valence-corrected chi connectivity index (χ2v) is 7.46. The van der Waals surface area contributed by atoms with Crippen LogP contribution in [0.1, 0.15) is 25.7 Å². The molecule has 2 aromatic heterocycles. The third kappa shape index (κ3) is 3.35. The highest BCUT2D eigenvalue weighted by molar-refractivity contribution is 7.89. The molecule has 0 amide bonds. The highest BCUT2D eigenvalue weighted by Gasteiger charge is 2.43. The summed E-state index contributed by atoms with van der Waals surface area (Å²) in [7, 11) is -3.90. The zero-order valence-electron chi connectivity index (χ0n) is 12.1. The fraction of sp³-hybridized carbons (Fsp3) is 0.500. The van der Waals surface area contributed by atoms with Crippen LogP contribution in [-0.2, 0) is 10.0 Å². The molecule has 1 saturated carbocycles. The number of rotatable bonds is 3. The summed E-state index contributed by atoms with van der Waals surface area (Å²) >= 11 is 0. The Bertz CT molecular complexity index is 801. The lowest BCUT2D eigenvalue weighted by Gasteiger charge is -2.30. The van der Waals surface area contributed by atoms with Gasteiger partial charge in [0.15, 0.2) is 0 Å². The molecule has 9 heteroatoms. The van der Waals surface area contributed by atoms with Gasteiger partial charge in [0.2, 0.25) is 10.0 Å². The van der Waals surface area contributed by atoms with Gasteiger partial charge in [-0.25, -0.2) is 18.1 Å². The Hall–Kier alpha value is -1.61. The van der Waals surface area contributed by atoms with Crippen LogP contribution in [0.5, 0.6) is 0 Å². The summed E-state index contributed by atoms with van der Waals surface area (Å²) in [5.74, 6) is -1.45. The first-order valence-electron chi connectivity index (χ1n) is 7.28. The molecule has 0 bridgehead atoms. The molecule has 1 fully saturated rings. The van der Waals surface area contributed by atoms with Gasteiger partial charge in [0.25, 0.3) is 0 Å². The van der Waals surface area contributed by atoms with Crippen molar-refractivity contribution in [1.29, 1.82) is 0 Å². The van der Waals surface area contributed by atoms with E-state index in [0.29, 0.717) is 23.9 Å². The van der Waals surface area contributed by atoms with E-state index in [1.807, 2.05) is 0 Å². The number of sulfonamides is 1. The summed E-state index contributed by atoms with van der Waals surface area (Å²) in [6.07, 6.45) is -0.849. The number of aromatic amines is 1. The van der Waals surface area contributed by atoms with Gasteiger partial charge in [-0.1, -0.05) is 6.42 Å². The number of fused-ring (bicyclic) bond motifs is 1. The van der Waals surface area contributed by atoms with Crippen molar-refractivity contribution in [3.8, 4) is 0 Å². The van der Waals surface area contributed by atoms with E-state index < -0.39 is 28.2 Å². The number of nitrogens with one attached hydrogen (secondary N) is 2. The third-order valence-corrected chi connectivity index (χ3v) is 5.72. The van der Waals surface area contributed by atoms with Crippen molar-refractivity contribution in [2.45, 2.75) is 42.8 Å². The van der Waals surface area contributed by atoms with Crippen LogP contribution in [0.3, 0.4) is 0 Å². The predicted octanol–water partition coefficient (Wildman–Crippen LogP) is 2.96. The van der Waals surface area contributed by atoms with E-state index in [0.717, 1.165) is 0 Å². The minimum atomic E-state index is -4.28. The van der Waals surface area contributed by atoms with Crippen molar-refractivity contribution >= 4 is 21.1 Å². The number of H-pyrrole nitrogens is 1. The van der Waals surface area contributed by atoms with Gasteiger partial charge >= 0.3 is 6.18 Å². The Kier molecular flexibility index (Phi) is 4.09. The standard InChI is InChI=1S/C14H16F3N3O2S/c15-14(16,17)9-3-1-4-10(7-9)20-23(21,22)12-8-19-13-11(12)5-2-6-18-13/h2,5-6,8-10,20H,1,3-4,7H2,(H,18,19)/t9-,10+/m1/s1. The van der Waals surface area contributed by atoms with Gasteiger partial charge in [-0.15, -0.1) is 0 Å². The molecule has 2 aromatic rings. The van der Waals surface area contributed by atoms with E-state index in [9.17, 15) is 21.6 Å². The van der Waals surface area contributed by atoms with Gasteiger partial charge in [0.1, 0.15) is 10.5 Å². The molecule has 3 rings (SSSR count). The second kappa shape index (κ2) is 5.79. The molecule has 0 unspecified atom stereocenters. The Morgan fingerprint density at radius 1 is 1.30 bits per heavy atom. The minimum absolute atomic E-state index is 0.00901. The number of nitrogens with zero attached hydrogens (tertiary/aromatic N) is 1. The first kappa shape index (κ1) is 16.3. The van der Waals surface area contributed by atoms with E-state index in [2.05, 4.69) is 14.7 Å². The summed E-state index contributed by atoms with van der Waals surface area (Å²) in [5, 5.41) is 0.420. The monoisotopic (exact) mass is 347 g/mol. The molecule has 0 aromatic carbocycles. The molecule has 1 aliphatic rings. The molecule has 0 radical (unpaired) electrons. The Morgan fingerprint density at radius 2 is 2.09 bits per heavy atom. The topological polar surface area (TPSA) is 74.8 Å². The van der Waals surface area contributed by atoms with Gasteiger partial charge in [-0.05, 0) is 31.4 Å². The van der Waals surface area contributed by atoms with Crippen LogP contribution in [0.15, 0.2) is 29.4 Å². The van der Waals surface area contributed by atoms with Crippen LogP contribution in [0.25, 0.3) is 11.0 Å². The van der Waals surface area contributed by atoms with Gasteiger partial charge < -0.3 is 4.98 Å². The molecule has 2 N–H and O–H groups in total. The number of aromatic nitrogens is 2. The average Bonchev–Trinajstić information content (AvgIpc) is 2.91. The van der Waals surface area contributed by atoms with Crippen molar-refractivity contribution in [2.75, 3.05) is 0 Å². The smallest absolute Gasteiger partial charge is 0.345 e. The fourth-order valence-electron chi connectivity index (χ4n) is 3.03. The summed E-state index contributed by atoms with van der Waals surface area (Å²) in [6, 6.07) is 2.50. The average molecular weight is 347 g/mol. The lowest BCUT2D eigenvalue weighted by molar-refractivity contribution is -0.183. The van der Waals surface area contributed by atoms with E-state index in [4.69, 9.17) is 0 Å². The normalized spacial score (nSPS) is 23.3. The number of pyridine rings is 1. The van der Waals surface area contributed by atoms with Crippen LogP contribution in [0.4, 0.5) is 13.2 Å². The van der Waals surface area contributed by atoms with Crippen molar-refractivity contribution < 1.29 is 21.6 Å². The lowest BCUT2D eigenvalue weighted by atomic mass is 9.86. The summed E-state index contributed by atoms with van der Waals surface area (Å²) < 4.78 is 65.9. The quantitative estimate of drug-likeness (QED) is 0.896. The van der Waals surface area contributed by atoms with Gasteiger partial charge in [-0.3, -0.25) is 0 Å². The first-order chi connectivity index (χ1) is 10.8. The highest BCUT2D eigenvalue weighted by Crippen LogP contribution is 2.38. The Balaban J connectivity index is 1.81. The van der Waals surface area contributed by atoms with Crippen LogP contribution < -0.4 is 4.72 Å². The molecule has 0 saturated heterocycles. The van der Waals surface area contributed by atoms with Gasteiger partial charge in [0, 0.05) is 23.8 Å². The summed E-state index contributed by atoms with van der Waals surface area (Å²) in [4.78, 5) is 6.77. The van der Waals surface area contributed by atoms with Crippen molar-refractivity contribution in [2.24, 2.45) is 5.92 Å². The minimum Gasteiger partial charge on any atom is -0.345 e. The molecule has 5 nitrogen and oxygen atoms in total. The van der Waals surface area contributed by atoms with Crippen molar-refractivity contribution in [3.05, 3.63) is 24.5 Å². The summed E-state index contributed by atoms with van der Waals surface area (Å²) in [5.41, 5.74) is 0.421. The number of hydrogen-bond acceptors (Lipinski definition) is 3. The second-order valence-electron chi connectivity index (χ2n) is 5.78. The maximum Gasteiger partial charge on any atom is 0.391 e. The van der Waals surface area contributed by atoms with E-state index in [1.54, 1.807) is 12.1 Å². The van der Waals surface area contributed by atoms with Crippen molar-refractivity contribution in [1.82, 2.24) is 14.7 Å². The van der Waals surface area contributed by atoms with Crippen LogP contribution >= 0.6 is 0 Å². The van der Waals surface area contributed by atoms with Crippen LogP contribution in [0.2, 0.25) is 0 Å². The maximum atomic E-state index is 12.8. The molecule has 126 valence electrons. The Labute approximate surface area is 131 Å². The zero-order chi connectivity index (χ0) is 16.7. The Morgan fingerprint density at radius 3 is 2.83 bits per heavy atom. The molecular formula is C14H16F3N3O2S. The van der Waals surface area contributed by atoms with Crippen LogP contribution in [0, 0.1) is 5.92 Å².